The molecule has 3 heteroatoms. The van der Waals surface area contributed by atoms with E-state index in [0.717, 1.165) is 24.3 Å². The van der Waals surface area contributed by atoms with Gasteiger partial charge < -0.3 is 5.32 Å². The lowest BCUT2D eigenvalue weighted by molar-refractivity contribution is 0.0284. The van der Waals surface area contributed by atoms with Crippen LogP contribution in [0.4, 0.5) is 0 Å². The predicted octanol–water partition coefficient (Wildman–Crippen LogP) is 6.26. The molecule has 1 saturated heterocycles. The minimum Gasteiger partial charge on any atom is -0.352 e. The number of benzene rings is 3. The number of carbonyl (C=O) groups excluding carboxylic acids is 1. The van der Waals surface area contributed by atoms with Crippen LogP contribution in [-0.2, 0) is 18.3 Å². The molecule has 2 aliphatic carbocycles. The number of rotatable bonds is 7. The van der Waals surface area contributed by atoms with E-state index < -0.39 is 0 Å². The van der Waals surface area contributed by atoms with Gasteiger partial charge >= 0.3 is 0 Å². The highest BCUT2D eigenvalue weighted by molar-refractivity contribution is 5.94. The molecular weight excluding hydrogens is 440 g/mol. The summed E-state index contributed by atoms with van der Waals surface area (Å²) in [6, 6.07) is 26.2. The maximum absolute atomic E-state index is 13.1. The molecule has 1 amide bonds. The molecule has 3 nitrogen and oxygen atoms in total. The van der Waals surface area contributed by atoms with Crippen LogP contribution < -0.4 is 5.32 Å². The fourth-order valence-electron chi connectivity index (χ4n) is 6.62. The highest BCUT2D eigenvalue weighted by Crippen LogP contribution is 2.49. The molecule has 3 aromatic rings. The number of likely N-dealkylation sites (tertiary alicyclic amines) is 1. The van der Waals surface area contributed by atoms with Gasteiger partial charge in [0.2, 0.25) is 0 Å². The molecule has 2 bridgehead atoms. The molecule has 36 heavy (non-hydrogen) atoms. The smallest absolute Gasteiger partial charge is 0.251 e. The third-order valence-electron chi connectivity index (χ3n) is 9.34. The van der Waals surface area contributed by atoms with Gasteiger partial charge in [0.1, 0.15) is 0 Å². The molecular formula is C33H38N2O. The maximum atomic E-state index is 13.1. The van der Waals surface area contributed by atoms with Crippen molar-refractivity contribution in [3.63, 3.8) is 0 Å². The number of fused-ring (bicyclic) bond motifs is 4. The van der Waals surface area contributed by atoms with Crippen LogP contribution in [-0.4, -0.2) is 36.5 Å². The van der Waals surface area contributed by atoms with Crippen LogP contribution in [0.5, 0.6) is 0 Å². The Morgan fingerprint density at radius 1 is 1.00 bits per heavy atom. The van der Waals surface area contributed by atoms with Gasteiger partial charge in [0.05, 0.1) is 0 Å². The summed E-state index contributed by atoms with van der Waals surface area (Å²) in [6.07, 6.45) is 5.99. The second-order valence-electron chi connectivity index (χ2n) is 11.6. The molecule has 3 aliphatic rings. The molecule has 3 atom stereocenters. The molecule has 0 aromatic heterocycles. The summed E-state index contributed by atoms with van der Waals surface area (Å²) in [4.78, 5) is 15.9. The Kier molecular flexibility index (Phi) is 6.21. The van der Waals surface area contributed by atoms with E-state index in [1.54, 1.807) is 0 Å². The molecule has 6 rings (SSSR count). The number of hydrogen-bond acceptors (Lipinski definition) is 2. The third kappa shape index (κ3) is 4.50. The molecule has 1 saturated carbocycles. The van der Waals surface area contributed by atoms with Crippen LogP contribution in [0, 0.1) is 11.8 Å². The average Bonchev–Trinajstić information content (AvgIpc) is 3.73. The SMILES string of the molecule is C[C@H]1[C@H]2Cc3ccc(C(=O)NCCc4ccc(-c5ccccc5)cc4)cc3C1(C)CCN2CC1CC1. The number of nitrogens with zero attached hydrogens (tertiary/aromatic N) is 1. The maximum Gasteiger partial charge on any atom is 0.251 e. The lowest BCUT2D eigenvalue weighted by Crippen LogP contribution is -2.58. The quantitative estimate of drug-likeness (QED) is 0.435. The summed E-state index contributed by atoms with van der Waals surface area (Å²) < 4.78 is 0. The Morgan fingerprint density at radius 2 is 1.75 bits per heavy atom. The lowest BCUT2D eigenvalue weighted by atomic mass is 9.59. The van der Waals surface area contributed by atoms with Crippen molar-refractivity contribution in [2.45, 2.75) is 57.4 Å². The van der Waals surface area contributed by atoms with Gasteiger partial charge in [-0.15, -0.1) is 0 Å². The molecule has 1 heterocycles. The molecule has 186 valence electrons. The van der Waals surface area contributed by atoms with E-state index >= 15 is 0 Å². The summed E-state index contributed by atoms with van der Waals surface area (Å²) >= 11 is 0. The normalized spacial score (nSPS) is 25.3. The van der Waals surface area contributed by atoms with Crippen molar-refractivity contribution in [2.75, 3.05) is 19.6 Å². The van der Waals surface area contributed by atoms with Gasteiger partial charge in [-0.25, -0.2) is 0 Å². The van der Waals surface area contributed by atoms with E-state index in [1.807, 2.05) is 12.1 Å². The van der Waals surface area contributed by atoms with E-state index in [0.29, 0.717) is 18.5 Å². The van der Waals surface area contributed by atoms with E-state index in [-0.39, 0.29) is 11.3 Å². The zero-order valence-electron chi connectivity index (χ0n) is 21.7. The Labute approximate surface area is 215 Å². The third-order valence-corrected chi connectivity index (χ3v) is 9.34. The molecule has 1 aliphatic heterocycles. The first kappa shape index (κ1) is 23.5. The largest absolute Gasteiger partial charge is 0.352 e. The van der Waals surface area contributed by atoms with Crippen LogP contribution in [0.2, 0.25) is 0 Å². The molecule has 0 spiro atoms. The Hall–Kier alpha value is -2.91. The summed E-state index contributed by atoms with van der Waals surface area (Å²) in [5.74, 6) is 1.61. The van der Waals surface area contributed by atoms with Gasteiger partial charge in [-0.1, -0.05) is 74.5 Å². The number of piperidine rings is 1. The number of amides is 1. The average molecular weight is 479 g/mol. The summed E-state index contributed by atoms with van der Waals surface area (Å²) in [5, 5.41) is 3.17. The van der Waals surface area contributed by atoms with Gasteiger partial charge in [-0.05, 0) is 95.8 Å². The Morgan fingerprint density at radius 3 is 2.50 bits per heavy atom. The van der Waals surface area contributed by atoms with E-state index in [4.69, 9.17) is 0 Å². The van der Waals surface area contributed by atoms with Crippen molar-refractivity contribution in [2.24, 2.45) is 11.8 Å². The van der Waals surface area contributed by atoms with Crippen molar-refractivity contribution >= 4 is 5.91 Å². The van der Waals surface area contributed by atoms with Gasteiger partial charge in [0.25, 0.3) is 5.91 Å². The molecule has 2 fully saturated rings. The second kappa shape index (κ2) is 9.52. The predicted molar refractivity (Wildman–Crippen MR) is 147 cm³/mol. The molecule has 1 N–H and O–H groups in total. The van der Waals surface area contributed by atoms with E-state index in [2.05, 4.69) is 84.7 Å². The number of hydrogen-bond donors (Lipinski definition) is 1. The van der Waals surface area contributed by atoms with Crippen molar-refractivity contribution in [1.82, 2.24) is 10.2 Å². The van der Waals surface area contributed by atoms with Crippen molar-refractivity contribution < 1.29 is 4.79 Å². The first-order chi connectivity index (χ1) is 17.5. The van der Waals surface area contributed by atoms with E-state index in [9.17, 15) is 4.79 Å². The lowest BCUT2D eigenvalue weighted by Gasteiger charge is -2.55. The van der Waals surface area contributed by atoms with Crippen LogP contribution in [0.3, 0.4) is 0 Å². The minimum absolute atomic E-state index is 0.0447. The van der Waals surface area contributed by atoms with Gasteiger partial charge in [-0.3, -0.25) is 9.69 Å². The van der Waals surface area contributed by atoms with Crippen molar-refractivity contribution in [1.29, 1.82) is 0 Å². The first-order valence-corrected chi connectivity index (χ1v) is 13.8. The first-order valence-electron chi connectivity index (χ1n) is 13.8. The number of nitrogens with one attached hydrogen (secondary N) is 1. The molecule has 1 unspecified atom stereocenters. The molecule has 3 aromatic carbocycles. The fourth-order valence-corrected chi connectivity index (χ4v) is 6.62. The Balaban J connectivity index is 1.10. The fraction of sp³-hybridized carbons (Fsp3) is 0.424. The number of carbonyl (C=O) groups is 1. The highest BCUT2D eigenvalue weighted by atomic mass is 16.1. The van der Waals surface area contributed by atoms with Crippen LogP contribution >= 0.6 is 0 Å². The van der Waals surface area contributed by atoms with Gasteiger partial charge in [0.15, 0.2) is 0 Å². The van der Waals surface area contributed by atoms with E-state index in [1.165, 1.54) is 60.2 Å². The topological polar surface area (TPSA) is 32.3 Å². The minimum atomic E-state index is 0.0447. The summed E-state index contributed by atoms with van der Waals surface area (Å²) in [6.45, 7) is 8.02. The zero-order chi connectivity index (χ0) is 24.7. The standard InChI is InChI=1S/C33H38N2O/c1-23-31-21-28-14-15-29(20-30(28)33(23,2)17-19-35(31)22-25-8-9-25)32(36)34-18-16-24-10-12-27(13-11-24)26-6-4-3-5-7-26/h3-7,10-15,20,23,25,31H,8-9,16-19,21-22H2,1-2H3,(H,34,36)/t23-,31+,33?/m0/s1. The van der Waals surface area contributed by atoms with Gasteiger partial charge in [-0.2, -0.15) is 0 Å². The van der Waals surface area contributed by atoms with Crippen molar-refractivity contribution in [3.8, 4) is 11.1 Å². The summed E-state index contributed by atoms with van der Waals surface area (Å²) in [7, 11) is 0. The highest BCUT2D eigenvalue weighted by Gasteiger charge is 2.49. The monoisotopic (exact) mass is 478 g/mol. The van der Waals surface area contributed by atoms with Gasteiger partial charge in [0, 0.05) is 24.7 Å². The van der Waals surface area contributed by atoms with Crippen LogP contribution in [0.25, 0.3) is 11.1 Å². The second-order valence-corrected chi connectivity index (χ2v) is 11.6. The molecule has 0 radical (unpaired) electrons. The van der Waals surface area contributed by atoms with Crippen LogP contribution in [0.1, 0.15) is 60.2 Å². The van der Waals surface area contributed by atoms with Crippen LogP contribution in [0.15, 0.2) is 72.8 Å². The van der Waals surface area contributed by atoms with Crippen molar-refractivity contribution in [3.05, 3.63) is 95.1 Å². The summed E-state index contributed by atoms with van der Waals surface area (Å²) in [5.41, 5.74) is 7.53. The Bertz CT molecular complexity index is 1230. The zero-order valence-corrected chi connectivity index (χ0v) is 21.7.